The molecule has 0 aliphatic carbocycles. The van der Waals surface area contributed by atoms with E-state index in [9.17, 15) is 4.79 Å². The highest BCUT2D eigenvalue weighted by atomic mass is 35.5. The van der Waals surface area contributed by atoms with E-state index in [1.807, 2.05) is 37.3 Å². The first kappa shape index (κ1) is 16.7. The lowest BCUT2D eigenvalue weighted by molar-refractivity contribution is 0.102. The summed E-state index contributed by atoms with van der Waals surface area (Å²) in [5, 5.41) is 4.46. The van der Waals surface area contributed by atoms with Crippen molar-refractivity contribution in [1.82, 2.24) is 9.97 Å². The second kappa shape index (κ2) is 6.86. The highest BCUT2D eigenvalue weighted by Gasteiger charge is 2.13. The van der Waals surface area contributed by atoms with Gasteiger partial charge in [0.25, 0.3) is 5.91 Å². The molecular weight excluding hydrogens is 366 g/mol. The van der Waals surface area contributed by atoms with Crippen molar-refractivity contribution in [2.45, 2.75) is 6.92 Å². The highest BCUT2D eigenvalue weighted by molar-refractivity contribution is 7.21. The van der Waals surface area contributed by atoms with Crippen molar-refractivity contribution in [3.05, 3.63) is 76.9 Å². The molecule has 2 aromatic carbocycles. The van der Waals surface area contributed by atoms with Gasteiger partial charge in [-0.3, -0.25) is 4.79 Å². The average Bonchev–Trinajstić information content (AvgIpc) is 3.08. The summed E-state index contributed by atoms with van der Waals surface area (Å²) in [6, 6.07) is 16.4. The molecule has 0 spiro atoms. The largest absolute Gasteiger partial charge is 0.322 e. The lowest BCUT2D eigenvalue weighted by Gasteiger charge is -2.11. The molecule has 0 aliphatic rings. The van der Waals surface area contributed by atoms with Crippen LogP contribution in [0.2, 0.25) is 5.02 Å². The molecule has 4 aromatic rings. The highest BCUT2D eigenvalue weighted by Crippen LogP contribution is 2.33. The molecule has 0 atom stereocenters. The summed E-state index contributed by atoms with van der Waals surface area (Å²) >= 11 is 7.42. The molecule has 128 valence electrons. The molecule has 0 bridgehead atoms. The monoisotopic (exact) mass is 379 g/mol. The first-order chi connectivity index (χ1) is 12.6. The number of carbonyl (C=O) groups excluding carboxylic acids is 1. The molecule has 6 heteroatoms. The lowest BCUT2D eigenvalue weighted by Crippen LogP contribution is -2.12. The summed E-state index contributed by atoms with van der Waals surface area (Å²) in [5.74, 6) is -0.173. The number of pyridine rings is 1. The fraction of sp³-hybridized carbons (Fsp3) is 0.0500. The number of thiazole rings is 1. The number of hydrogen-bond acceptors (Lipinski definition) is 4. The number of nitrogens with zero attached hydrogens (tertiary/aromatic N) is 2. The summed E-state index contributed by atoms with van der Waals surface area (Å²) in [6.07, 6.45) is 1.76. The molecule has 2 aromatic heterocycles. The van der Waals surface area contributed by atoms with Crippen molar-refractivity contribution in [2.24, 2.45) is 0 Å². The van der Waals surface area contributed by atoms with Crippen molar-refractivity contribution >= 4 is 44.9 Å². The van der Waals surface area contributed by atoms with Crippen molar-refractivity contribution in [3.63, 3.8) is 0 Å². The number of nitrogens with one attached hydrogen (secondary N) is 1. The van der Waals surface area contributed by atoms with Gasteiger partial charge < -0.3 is 5.32 Å². The van der Waals surface area contributed by atoms with Crippen LogP contribution in [0.4, 0.5) is 5.69 Å². The number of carbonyl (C=O) groups is 1. The number of rotatable bonds is 3. The van der Waals surface area contributed by atoms with Crippen molar-refractivity contribution in [3.8, 4) is 10.6 Å². The maximum atomic E-state index is 12.5. The molecule has 26 heavy (non-hydrogen) atoms. The third-order valence-electron chi connectivity index (χ3n) is 4.09. The first-order valence-electron chi connectivity index (χ1n) is 8.00. The average molecular weight is 380 g/mol. The Labute approximate surface area is 159 Å². The number of benzene rings is 2. The zero-order chi connectivity index (χ0) is 18.1. The number of amides is 1. The van der Waals surface area contributed by atoms with Crippen LogP contribution in [0, 0.1) is 6.92 Å². The van der Waals surface area contributed by atoms with Crippen LogP contribution >= 0.6 is 22.9 Å². The van der Waals surface area contributed by atoms with E-state index in [0.29, 0.717) is 10.6 Å². The number of aromatic nitrogens is 2. The Balaban J connectivity index is 1.67. The van der Waals surface area contributed by atoms with Gasteiger partial charge in [0.15, 0.2) is 0 Å². The summed E-state index contributed by atoms with van der Waals surface area (Å²) in [6.45, 7) is 1.98. The Morgan fingerprint density at radius 1 is 1.08 bits per heavy atom. The maximum absolute atomic E-state index is 12.5. The van der Waals surface area contributed by atoms with E-state index in [0.717, 1.165) is 32.2 Å². The minimum Gasteiger partial charge on any atom is -0.322 e. The van der Waals surface area contributed by atoms with Crippen LogP contribution in [0.15, 0.2) is 60.8 Å². The minimum absolute atomic E-state index is 0.173. The summed E-state index contributed by atoms with van der Waals surface area (Å²) < 4.78 is 0. The molecular formula is C20H14ClN3OS. The summed E-state index contributed by atoms with van der Waals surface area (Å²) in [4.78, 5) is 22.4. The molecule has 1 amide bonds. The quantitative estimate of drug-likeness (QED) is 0.506. The normalized spacial score (nSPS) is 10.8. The third kappa shape index (κ3) is 3.19. The Morgan fingerprint density at radius 3 is 2.65 bits per heavy atom. The molecule has 0 unspecified atom stereocenters. The van der Waals surface area contributed by atoms with Gasteiger partial charge in [-0.05, 0) is 55.0 Å². The zero-order valence-electron chi connectivity index (χ0n) is 13.9. The summed E-state index contributed by atoms with van der Waals surface area (Å²) in [7, 11) is 0. The topological polar surface area (TPSA) is 54.9 Å². The minimum atomic E-state index is -0.173. The van der Waals surface area contributed by atoms with E-state index in [2.05, 4.69) is 15.3 Å². The molecule has 2 heterocycles. The fourth-order valence-electron chi connectivity index (χ4n) is 2.68. The van der Waals surface area contributed by atoms with Gasteiger partial charge in [0.1, 0.15) is 15.4 Å². The van der Waals surface area contributed by atoms with Gasteiger partial charge >= 0.3 is 0 Å². The van der Waals surface area contributed by atoms with Crippen LogP contribution in [0.5, 0.6) is 0 Å². The predicted octanol–water partition coefficient (Wildman–Crippen LogP) is 5.57. The van der Waals surface area contributed by atoms with Crippen LogP contribution in [0.25, 0.3) is 20.9 Å². The first-order valence-corrected chi connectivity index (χ1v) is 9.20. The zero-order valence-corrected chi connectivity index (χ0v) is 15.4. The second-order valence-corrected chi connectivity index (χ2v) is 7.20. The van der Waals surface area contributed by atoms with Crippen molar-refractivity contribution in [2.75, 3.05) is 5.32 Å². The van der Waals surface area contributed by atoms with Gasteiger partial charge in [0.2, 0.25) is 0 Å². The van der Waals surface area contributed by atoms with E-state index in [1.165, 1.54) is 0 Å². The summed E-state index contributed by atoms with van der Waals surface area (Å²) in [5.41, 5.74) is 4.15. The van der Waals surface area contributed by atoms with E-state index in [-0.39, 0.29) is 5.91 Å². The fourth-order valence-corrected chi connectivity index (χ4v) is 3.80. The maximum Gasteiger partial charge on any atom is 0.255 e. The lowest BCUT2D eigenvalue weighted by atomic mass is 10.1. The third-order valence-corrected chi connectivity index (χ3v) is 5.35. The SMILES string of the molecule is Cc1c(NC(=O)c2ccc(Cl)cc2)cccc1-c1nc2cccnc2s1. The number of halogens is 1. The van der Waals surface area contributed by atoms with Crippen LogP contribution in [-0.4, -0.2) is 15.9 Å². The Morgan fingerprint density at radius 2 is 1.88 bits per heavy atom. The van der Waals surface area contributed by atoms with E-state index < -0.39 is 0 Å². The standard InChI is InChI=1S/C20H14ClN3OS/c1-12-15(19-24-17-6-3-11-22-20(17)26-19)4-2-5-16(12)23-18(25)13-7-9-14(21)10-8-13/h2-11H,1H3,(H,23,25). The molecule has 0 fully saturated rings. The molecule has 0 radical (unpaired) electrons. The van der Waals surface area contributed by atoms with Gasteiger partial charge in [-0.2, -0.15) is 0 Å². The van der Waals surface area contributed by atoms with Crippen LogP contribution in [0.1, 0.15) is 15.9 Å². The molecule has 0 saturated heterocycles. The Bertz CT molecular complexity index is 1070. The van der Waals surface area contributed by atoms with E-state index in [1.54, 1.807) is 41.8 Å². The van der Waals surface area contributed by atoms with Crippen molar-refractivity contribution in [1.29, 1.82) is 0 Å². The second-order valence-electron chi connectivity index (χ2n) is 5.79. The van der Waals surface area contributed by atoms with Crippen molar-refractivity contribution < 1.29 is 4.79 Å². The molecule has 1 N–H and O–H groups in total. The number of hydrogen-bond donors (Lipinski definition) is 1. The van der Waals surface area contributed by atoms with Crippen LogP contribution in [0.3, 0.4) is 0 Å². The number of fused-ring (bicyclic) bond motifs is 1. The van der Waals surface area contributed by atoms with Gasteiger partial charge in [0.05, 0.1) is 0 Å². The van der Waals surface area contributed by atoms with E-state index >= 15 is 0 Å². The number of anilines is 1. The van der Waals surface area contributed by atoms with Crippen LogP contribution in [-0.2, 0) is 0 Å². The van der Waals surface area contributed by atoms with Crippen LogP contribution < -0.4 is 5.32 Å². The van der Waals surface area contributed by atoms with Gasteiger partial charge in [-0.25, -0.2) is 9.97 Å². The van der Waals surface area contributed by atoms with Gasteiger partial charge in [-0.15, -0.1) is 0 Å². The van der Waals surface area contributed by atoms with Gasteiger partial charge in [0, 0.05) is 28.0 Å². The Kier molecular flexibility index (Phi) is 4.41. The predicted molar refractivity (Wildman–Crippen MR) is 107 cm³/mol. The molecule has 0 aliphatic heterocycles. The smallest absolute Gasteiger partial charge is 0.255 e. The Hall–Kier alpha value is -2.76. The van der Waals surface area contributed by atoms with Gasteiger partial charge in [-0.1, -0.05) is 35.1 Å². The molecule has 4 nitrogen and oxygen atoms in total. The molecule has 4 rings (SSSR count). The van der Waals surface area contributed by atoms with E-state index in [4.69, 9.17) is 11.6 Å². The molecule has 0 saturated carbocycles.